The molecule has 0 unspecified atom stereocenters. The first-order valence-electron chi connectivity index (χ1n) is 10.4. The second-order valence-electron chi connectivity index (χ2n) is 9.58. The molecule has 1 aromatic heterocycles. The molecule has 0 spiro atoms. The molecule has 1 N–H and O–H groups in total. The number of carbonyl (C=O) groups excluding carboxylic acids is 3. The number of rotatable bonds is 2. The lowest BCUT2D eigenvalue weighted by atomic mass is 10.0. The third-order valence-corrected chi connectivity index (χ3v) is 4.42. The molecular weight excluding hydrogens is 410 g/mol. The molecule has 8 heteroatoms. The summed E-state index contributed by atoms with van der Waals surface area (Å²) in [6.07, 6.45) is -1.67. The fraction of sp³-hybridized carbons (Fsp3) is 0.417. The molecule has 0 atom stereocenters. The number of nitrogens with one attached hydrogen (secondary N) is 1. The Morgan fingerprint density at radius 2 is 1.53 bits per heavy atom. The van der Waals surface area contributed by atoms with Gasteiger partial charge in [-0.25, -0.2) is 14.6 Å². The Labute approximate surface area is 187 Å². The highest BCUT2D eigenvalue weighted by Crippen LogP contribution is 2.34. The molecule has 3 amide bonds. The van der Waals surface area contributed by atoms with Gasteiger partial charge in [-0.2, -0.15) is 4.90 Å². The van der Waals surface area contributed by atoms with Crippen LogP contribution in [-0.2, 0) is 27.2 Å². The third-order valence-electron chi connectivity index (χ3n) is 4.42. The Morgan fingerprint density at radius 1 is 0.969 bits per heavy atom. The second kappa shape index (κ2) is 8.61. The number of benzene rings is 1. The summed E-state index contributed by atoms with van der Waals surface area (Å²) in [6, 6.07) is 10.9. The summed E-state index contributed by atoms with van der Waals surface area (Å²) in [5.74, 6) is -0.154. The van der Waals surface area contributed by atoms with E-state index >= 15 is 0 Å². The van der Waals surface area contributed by atoms with Gasteiger partial charge in [-0.05, 0) is 53.2 Å². The predicted octanol–water partition coefficient (Wildman–Crippen LogP) is 4.60. The molecule has 0 aliphatic carbocycles. The van der Waals surface area contributed by atoms with Crippen LogP contribution in [0.25, 0.3) is 11.3 Å². The quantitative estimate of drug-likeness (QED) is 0.735. The Hall–Kier alpha value is -3.42. The standard InChI is InChI=1S/C24H29N3O5/c1-23(2,3)31-21(29)27(22(30)32-24(4,5)6)18-12-16-13-19(28)25-14-17(16)26-20(18)15-10-8-7-9-11-15/h7-12H,13-14H2,1-6H3,(H,25,28). The summed E-state index contributed by atoms with van der Waals surface area (Å²) in [6.45, 7) is 10.6. The van der Waals surface area contributed by atoms with E-state index in [2.05, 4.69) is 5.32 Å². The second-order valence-corrected chi connectivity index (χ2v) is 9.58. The highest BCUT2D eigenvalue weighted by atomic mass is 16.6. The maximum absolute atomic E-state index is 13.2. The van der Waals surface area contributed by atoms with Crippen LogP contribution in [0.5, 0.6) is 0 Å². The van der Waals surface area contributed by atoms with Gasteiger partial charge < -0.3 is 14.8 Å². The zero-order valence-corrected chi connectivity index (χ0v) is 19.3. The molecule has 0 radical (unpaired) electrons. The third kappa shape index (κ3) is 5.63. The van der Waals surface area contributed by atoms with E-state index in [1.165, 1.54) is 0 Å². The molecule has 0 saturated carbocycles. The molecule has 1 aliphatic heterocycles. The molecule has 170 valence electrons. The van der Waals surface area contributed by atoms with Crippen molar-refractivity contribution < 1.29 is 23.9 Å². The molecule has 0 fully saturated rings. The maximum atomic E-state index is 13.2. The largest absolute Gasteiger partial charge is 0.443 e. The van der Waals surface area contributed by atoms with Crippen molar-refractivity contribution in [1.82, 2.24) is 10.3 Å². The van der Waals surface area contributed by atoms with Crippen LogP contribution >= 0.6 is 0 Å². The topological polar surface area (TPSA) is 97.8 Å². The van der Waals surface area contributed by atoms with Crippen LogP contribution in [-0.4, -0.2) is 34.3 Å². The highest BCUT2D eigenvalue weighted by molar-refractivity contribution is 6.12. The fourth-order valence-corrected chi connectivity index (χ4v) is 3.17. The molecular formula is C24H29N3O5. The number of anilines is 1. The number of hydrogen-bond acceptors (Lipinski definition) is 6. The summed E-state index contributed by atoms with van der Waals surface area (Å²) in [5.41, 5.74) is 0.961. The van der Waals surface area contributed by atoms with Crippen molar-refractivity contribution in [3.05, 3.63) is 47.7 Å². The van der Waals surface area contributed by atoms with Crippen molar-refractivity contribution in [2.24, 2.45) is 0 Å². The summed E-state index contributed by atoms with van der Waals surface area (Å²) < 4.78 is 11.1. The minimum absolute atomic E-state index is 0.0981. The summed E-state index contributed by atoms with van der Waals surface area (Å²) >= 11 is 0. The van der Waals surface area contributed by atoms with Crippen LogP contribution in [0.3, 0.4) is 0 Å². The first-order chi connectivity index (χ1) is 14.8. The van der Waals surface area contributed by atoms with E-state index in [1.807, 2.05) is 30.3 Å². The summed E-state index contributed by atoms with van der Waals surface area (Å²) in [5, 5.41) is 2.77. The molecule has 2 aromatic rings. The highest BCUT2D eigenvalue weighted by Gasteiger charge is 2.35. The average Bonchev–Trinajstić information content (AvgIpc) is 2.65. The molecule has 8 nitrogen and oxygen atoms in total. The minimum Gasteiger partial charge on any atom is -0.443 e. The van der Waals surface area contributed by atoms with Gasteiger partial charge in [-0.1, -0.05) is 30.3 Å². The van der Waals surface area contributed by atoms with Gasteiger partial charge in [0.05, 0.1) is 30.0 Å². The maximum Gasteiger partial charge on any atom is 0.424 e. The van der Waals surface area contributed by atoms with E-state index in [-0.39, 0.29) is 24.6 Å². The Bertz CT molecular complexity index is 1010. The molecule has 1 aromatic carbocycles. The van der Waals surface area contributed by atoms with Crippen LogP contribution in [0.1, 0.15) is 52.8 Å². The first-order valence-corrected chi connectivity index (χ1v) is 10.4. The molecule has 0 bridgehead atoms. The smallest absolute Gasteiger partial charge is 0.424 e. The van der Waals surface area contributed by atoms with Gasteiger partial charge in [0.2, 0.25) is 5.91 Å². The van der Waals surface area contributed by atoms with Gasteiger partial charge in [0.25, 0.3) is 0 Å². The lowest BCUT2D eigenvalue weighted by molar-refractivity contribution is -0.121. The van der Waals surface area contributed by atoms with Gasteiger partial charge in [0.1, 0.15) is 11.2 Å². The monoisotopic (exact) mass is 439 g/mol. The van der Waals surface area contributed by atoms with Crippen LogP contribution in [0.15, 0.2) is 36.4 Å². The fourth-order valence-electron chi connectivity index (χ4n) is 3.17. The number of hydrogen-bond donors (Lipinski definition) is 1. The number of fused-ring (bicyclic) bond motifs is 1. The molecule has 2 heterocycles. The number of ether oxygens (including phenoxy) is 2. The zero-order chi connectivity index (χ0) is 23.7. The van der Waals surface area contributed by atoms with Crippen LogP contribution in [0.2, 0.25) is 0 Å². The molecule has 1 aliphatic rings. The van der Waals surface area contributed by atoms with Gasteiger partial charge in [0.15, 0.2) is 0 Å². The zero-order valence-electron chi connectivity index (χ0n) is 19.3. The number of amides is 3. The van der Waals surface area contributed by atoms with E-state index in [1.54, 1.807) is 47.6 Å². The predicted molar refractivity (Wildman–Crippen MR) is 120 cm³/mol. The van der Waals surface area contributed by atoms with Crippen LogP contribution < -0.4 is 10.2 Å². The Kier molecular flexibility index (Phi) is 6.25. The van der Waals surface area contributed by atoms with Crippen molar-refractivity contribution in [3.8, 4) is 11.3 Å². The SMILES string of the molecule is CC(C)(C)OC(=O)N(C(=O)OC(C)(C)C)c1cc2c(nc1-c1ccccc1)CNC(=O)C2. The minimum atomic E-state index is -0.883. The first kappa shape index (κ1) is 23.2. The van der Waals surface area contributed by atoms with E-state index in [9.17, 15) is 14.4 Å². The van der Waals surface area contributed by atoms with Crippen molar-refractivity contribution in [1.29, 1.82) is 0 Å². The molecule has 0 saturated heterocycles. The van der Waals surface area contributed by atoms with Gasteiger partial charge >= 0.3 is 12.2 Å². The number of imide groups is 1. The summed E-state index contributed by atoms with van der Waals surface area (Å²) in [7, 11) is 0. The lowest BCUT2D eigenvalue weighted by Gasteiger charge is -2.30. The van der Waals surface area contributed by atoms with Crippen molar-refractivity contribution in [2.45, 2.75) is 65.7 Å². The number of pyridine rings is 1. The molecule has 32 heavy (non-hydrogen) atoms. The number of nitrogens with zero attached hydrogens (tertiary/aromatic N) is 2. The normalized spacial score (nSPS) is 13.6. The van der Waals surface area contributed by atoms with Gasteiger partial charge in [0, 0.05) is 5.56 Å². The lowest BCUT2D eigenvalue weighted by Crippen LogP contribution is -2.44. The van der Waals surface area contributed by atoms with Crippen molar-refractivity contribution >= 4 is 23.8 Å². The summed E-state index contributed by atoms with van der Waals surface area (Å²) in [4.78, 5) is 44.0. The van der Waals surface area contributed by atoms with Crippen molar-refractivity contribution in [2.75, 3.05) is 4.90 Å². The average molecular weight is 440 g/mol. The van der Waals surface area contributed by atoms with Gasteiger partial charge in [-0.3, -0.25) is 4.79 Å². The molecule has 3 rings (SSSR count). The van der Waals surface area contributed by atoms with E-state index in [0.29, 0.717) is 22.5 Å². The van der Waals surface area contributed by atoms with Gasteiger partial charge in [-0.15, -0.1) is 0 Å². The Morgan fingerprint density at radius 3 is 2.06 bits per heavy atom. The van der Waals surface area contributed by atoms with Crippen LogP contribution in [0, 0.1) is 0 Å². The Balaban J connectivity index is 2.21. The van der Waals surface area contributed by atoms with E-state index in [4.69, 9.17) is 14.5 Å². The van der Waals surface area contributed by atoms with Crippen LogP contribution in [0.4, 0.5) is 15.3 Å². The van der Waals surface area contributed by atoms with E-state index < -0.39 is 23.4 Å². The van der Waals surface area contributed by atoms with E-state index in [0.717, 1.165) is 4.90 Å². The van der Waals surface area contributed by atoms with Crippen molar-refractivity contribution in [3.63, 3.8) is 0 Å². The number of aromatic nitrogens is 1. The number of carbonyl (C=O) groups is 3.